The third kappa shape index (κ3) is 14.1. The third-order valence-corrected chi connectivity index (χ3v) is 28.4. The lowest BCUT2D eigenvalue weighted by molar-refractivity contribution is 0.660. The summed E-state index contributed by atoms with van der Waals surface area (Å²) in [6, 6.07) is 188. The highest BCUT2D eigenvalue weighted by Gasteiger charge is 2.36. The minimum absolute atomic E-state index is 0.106. The van der Waals surface area contributed by atoms with Crippen molar-refractivity contribution in [3.63, 3.8) is 0 Å². The molecule has 26 aromatic rings. The van der Waals surface area contributed by atoms with Crippen molar-refractivity contribution in [3.8, 4) is 44.5 Å². The van der Waals surface area contributed by atoms with Gasteiger partial charge in [-0.25, -0.2) is 0 Å². The first-order chi connectivity index (χ1) is 67.2. The normalized spacial score (nSPS) is 12.1. The van der Waals surface area contributed by atoms with Gasteiger partial charge in [-0.1, -0.05) is 438 Å². The maximum absolute atomic E-state index is 2.49. The summed E-state index contributed by atoms with van der Waals surface area (Å²) in [4.78, 5) is 7.33. The van der Waals surface area contributed by atoms with E-state index >= 15 is 0 Å². The van der Waals surface area contributed by atoms with Crippen LogP contribution >= 0.6 is 0 Å². The minimum atomic E-state index is -0.106. The standard InChI is InChI=1S/C49H35N.C46H31N.C38H25N/c1-49(2)45-19-11-10-17-41(45)42-29-27-37(30-46(42)49)50(36-25-22-33(23-26-36)32-12-4-3-5-13-32)47-31-44-40(39-16-8-9-18-43(39)47)28-24-35-21-20-34-14-6-7-15-38(34)48(35)44;1-3-12-32(13-4-1)34-22-25-38(26-23-34)47(39-19-11-18-36(30-39)33-14-5-2-6-15-33)45-31-37-17-8-10-21-41(37)46-43-27-24-35-16-7-9-20-40(35)42(43)28-29-44(45)46;1-2-14-30(15-3-1)39(31-20-18-26-10-4-5-12-28(26)24-31)37-25-29-13-7-9-17-33(29)38-35-21-19-27-11-6-8-16-32(27)34(35)22-23-36(37)38/h3-31H,1-2H3;1-31H;1-25H. The van der Waals surface area contributed by atoms with E-state index in [0.717, 1.165) is 39.8 Å². The van der Waals surface area contributed by atoms with E-state index in [0.29, 0.717) is 0 Å². The topological polar surface area (TPSA) is 9.72 Å². The van der Waals surface area contributed by atoms with Crippen LogP contribution in [0.2, 0.25) is 0 Å². The molecule has 26 aromatic carbocycles. The van der Waals surface area contributed by atoms with Crippen molar-refractivity contribution in [2.24, 2.45) is 0 Å². The number of hydrogen-bond acceptors (Lipinski definition) is 3. The van der Waals surface area contributed by atoms with E-state index in [2.05, 4.69) is 544 Å². The maximum atomic E-state index is 2.49. The number of nitrogens with zero attached hydrogens (tertiary/aromatic N) is 3. The fraction of sp³-hybridized carbons (Fsp3) is 0.0226. The molecule has 27 rings (SSSR count). The Kier molecular flexibility index (Phi) is 20.0. The molecule has 0 spiro atoms. The summed E-state index contributed by atoms with van der Waals surface area (Å²) in [6.07, 6.45) is 0. The molecule has 3 heteroatoms. The molecule has 0 heterocycles. The molecule has 638 valence electrons. The zero-order chi connectivity index (χ0) is 90.3. The summed E-state index contributed by atoms with van der Waals surface area (Å²) < 4.78 is 0. The van der Waals surface area contributed by atoms with Crippen LogP contribution in [0.5, 0.6) is 0 Å². The Morgan fingerprint density at radius 3 is 1.01 bits per heavy atom. The Labute approximate surface area is 790 Å². The molecule has 136 heavy (non-hydrogen) atoms. The lowest BCUT2D eigenvalue weighted by Crippen LogP contribution is -2.16. The Bertz CT molecular complexity index is 9190. The van der Waals surface area contributed by atoms with E-state index in [9.17, 15) is 0 Å². The highest BCUT2D eigenvalue weighted by atomic mass is 15.2. The summed E-state index contributed by atoms with van der Waals surface area (Å²) in [7, 11) is 0. The fourth-order valence-corrected chi connectivity index (χ4v) is 21.9. The number of hydrogen-bond donors (Lipinski definition) is 0. The zero-order valence-electron chi connectivity index (χ0n) is 75.4. The molecular weight excluding hydrogens is 1640 g/mol. The Balaban J connectivity index is 0.000000109. The number of rotatable bonds is 12. The number of anilines is 9. The Morgan fingerprint density at radius 2 is 0.456 bits per heavy atom. The first-order valence-corrected chi connectivity index (χ1v) is 47.2. The van der Waals surface area contributed by atoms with Gasteiger partial charge in [-0.05, 0) is 271 Å². The van der Waals surface area contributed by atoms with Gasteiger partial charge in [0, 0.05) is 55.7 Å². The van der Waals surface area contributed by atoms with Crippen molar-refractivity contribution in [2.75, 3.05) is 14.7 Å². The highest BCUT2D eigenvalue weighted by molar-refractivity contribution is 6.31. The second kappa shape index (κ2) is 33.7. The van der Waals surface area contributed by atoms with Gasteiger partial charge in [-0.3, -0.25) is 0 Å². The highest BCUT2D eigenvalue weighted by Crippen LogP contribution is 2.54. The third-order valence-electron chi connectivity index (χ3n) is 28.4. The van der Waals surface area contributed by atoms with Crippen LogP contribution in [0.3, 0.4) is 0 Å². The second-order valence-electron chi connectivity index (χ2n) is 36.5. The van der Waals surface area contributed by atoms with E-state index in [4.69, 9.17) is 0 Å². The molecule has 1 aliphatic carbocycles. The van der Waals surface area contributed by atoms with Gasteiger partial charge in [0.15, 0.2) is 0 Å². The van der Waals surface area contributed by atoms with Crippen molar-refractivity contribution in [1.82, 2.24) is 0 Å². The van der Waals surface area contributed by atoms with Crippen molar-refractivity contribution >= 4 is 191 Å². The van der Waals surface area contributed by atoms with Crippen molar-refractivity contribution in [1.29, 1.82) is 0 Å². The van der Waals surface area contributed by atoms with Crippen LogP contribution in [0.1, 0.15) is 25.0 Å². The quantitative estimate of drug-likeness (QED) is 0.113. The largest absolute Gasteiger partial charge is 0.310 e. The van der Waals surface area contributed by atoms with Gasteiger partial charge >= 0.3 is 0 Å². The van der Waals surface area contributed by atoms with Crippen LogP contribution in [0, 0.1) is 0 Å². The van der Waals surface area contributed by atoms with E-state index in [1.807, 2.05) is 0 Å². The smallest absolute Gasteiger partial charge is 0.0546 e. The van der Waals surface area contributed by atoms with Crippen LogP contribution < -0.4 is 14.7 Å². The number of para-hydroxylation sites is 1. The van der Waals surface area contributed by atoms with Crippen molar-refractivity contribution in [2.45, 2.75) is 19.3 Å². The molecule has 0 bridgehead atoms. The monoisotopic (exact) mass is 1730 g/mol. The summed E-state index contributed by atoms with van der Waals surface area (Å²) in [5.74, 6) is 0. The molecule has 0 amide bonds. The van der Waals surface area contributed by atoms with Crippen LogP contribution in [-0.2, 0) is 5.41 Å². The fourth-order valence-electron chi connectivity index (χ4n) is 21.9. The first-order valence-electron chi connectivity index (χ1n) is 47.2. The van der Waals surface area contributed by atoms with Gasteiger partial charge in [0.2, 0.25) is 0 Å². The van der Waals surface area contributed by atoms with Gasteiger partial charge in [0.05, 0.1) is 17.1 Å². The van der Waals surface area contributed by atoms with E-state index in [1.54, 1.807) is 0 Å². The van der Waals surface area contributed by atoms with Gasteiger partial charge in [-0.2, -0.15) is 0 Å². The molecule has 0 atom stereocenters. The summed E-state index contributed by atoms with van der Waals surface area (Å²) in [5.41, 5.74) is 22.9. The average Bonchev–Trinajstić information content (AvgIpc) is 1.19. The molecule has 0 fully saturated rings. The molecule has 1 aliphatic rings. The van der Waals surface area contributed by atoms with E-state index in [1.165, 1.54) is 207 Å². The van der Waals surface area contributed by atoms with Gasteiger partial charge in [0.1, 0.15) is 0 Å². The first kappa shape index (κ1) is 80.6. The van der Waals surface area contributed by atoms with Crippen molar-refractivity contribution in [3.05, 3.63) is 527 Å². The number of fused-ring (bicyclic) bond motifs is 25. The second-order valence-corrected chi connectivity index (χ2v) is 36.5. The molecule has 0 saturated carbocycles. The van der Waals surface area contributed by atoms with Gasteiger partial charge in [-0.15, -0.1) is 0 Å². The molecular formula is C133H91N3. The average molecular weight is 1730 g/mol. The van der Waals surface area contributed by atoms with Crippen LogP contribution in [0.15, 0.2) is 516 Å². The Morgan fingerprint density at radius 1 is 0.140 bits per heavy atom. The molecule has 0 saturated heterocycles. The van der Waals surface area contributed by atoms with Gasteiger partial charge < -0.3 is 14.7 Å². The predicted octanol–water partition coefficient (Wildman–Crippen LogP) is 37.8. The number of benzene rings is 26. The Hall–Kier alpha value is -17.5. The summed E-state index contributed by atoms with van der Waals surface area (Å²) in [6.45, 7) is 4.73. The molecule has 0 radical (unpaired) electrons. The minimum Gasteiger partial charge on any atom is -0.310 e. The predicted molar refractivity (Wildman–Crippen MR) is 585 cm³/mol. The molecule has 0 aromatic heterocycles. The van der Waals surface area contributed by atoms with Crippen LogP contribution in [0.4, 0.5) is 51.2 Å². The molecule has 3 nitrogen and oxygen atoms in total. The summed E-state index contributed by atoms with van der Waals surface area (Å²) in [5, 5.41) is 32.9. The molecule has 0 aliphatic heterocycles. The zero-order valence-corrected chi connectivity index (χ0v) is 75.4. The molecule has 0 N–H and O–H groups in total. The van der Waals surface area contributed by atoms with E-state index in [-0.39, 0.29) is 5.41 Å². The van der Waals surface area contributed by atoms with Crippen molar-refractivity contribution < 1.29 is 0 Å². The lowest BCUT2D eigenvalue weighted by atomic mass is 9.82. The van der Waals surface area contributed by atoms with Gasteiger partial charge in [0.25, 0.3) is 0 Å². The lowest BCUT2D eigenvalue weighted by Gasteiger charge is -2.30. The van der Waals surface area contributed by atoms with Crippen LogP contribution in [-0.4, -0.2) is 0 Å². The van der Waals surface area contributed by atoms with E-state index < -0.39 is 0 Å². The SMILES string of the molecule is CC1(C)c2ccccc2-c2ccc(N(c3ccc(-c4ccccc4)cc3)c3cc4c(ccc5ccc6ccccc6c54)c4ccccc34)cc21.c1ccc(-c2ccc(N(c3cccc(-c4ccccc4)c3)c3cc4ccccc4c4c3ccc3c5ccccc5ccc34)cc2)cc1.c1ccc(N(c2ccc3ccccc3c2)c2cc3ccccc3c3c2ccc2c4ccccc4ccc23)cc1. The molecule has 0 unspecified atom stereocenters. The maximum Gasteiger partial charge on any atom is 0.0546 e. The summed E-state index contributed by atoms with van der Waals surface area (Å²) >= 11 is 0. The van der Waals surface area contributed by atoms with Crippen LogP contribution in [0.25, 0.3) is 185 Å².